The third-order valence-corrected chi connectivity index (χ3v) is 4.34. The molecule has 198 valence electrons. The first-order valence-electron chi connectivity index (χ1n) is 11.5. The molecule has 2 atom stereocenters. The number of amides is 1. The van der Waals surface area contributed by atoms with Crippen LogP contribution in [-0.2, 0) is 38.1 Å². The normalized spacial score (nSPS) is 11.7. The maximum atomic E-state index is 11.3. The molecule has 0 saturated heterocycles. The molecule has 0 aromatic rings. The van der Waals surface area contributed by atoms with Crippen molar-refractivity contribution in [2.75, 3.05) is 52.7 Å². The van der Waals surface area contributed by atoms with E-state index in [0.717, 1.165) is 25.3 Å². The minimum Gasteiger partial charge on any atom is -0.465 e. The average Bonchev–Trinajstić information content (AvgIpc) is 2.84. The third-order valence-electron chi connectivity index (χ3n) is 4.34. The molecule has 0 radical (unpaired) electrons. The summed E-state index contributed by atoms with van der Waals surface area (Å²) in [6, 6.07) is 0. The van der Waals surface area contributed by atoms with Crippen molar-refractivity contribution in [2.45, 2.75) is 47.0 Å². The van der Waals surface area contributed by atoms with Crippen LogP contribution >= 0.6 is 0 Å². The van der Waals surface area contributed by atoms with Gasteiger partial charge in [0.1, 0.15) is 19.8 Å². The monoisotopic (exact) mass is 490 g/mol. The highest BCUT2D eigenvalue weighted by Crippen LogP contribution is 2.03. The van der Waals surface area contributed by atoms with E-state index in [-0.39, 0.29) is 63.4 Å². The van der Waals surface area contributed by atoms with E-state index >= 15 is 0 Å². The van der Waals surface area contributed by atoms with Crippen molar-refractivity contribution in [3.8, 4) is 0 Å². The first-order valence-corrected chi connectivity index (χ1v) is 11.5. The molecule has 0 saturated carbocycles. The number of nitrogens with two attached hydrogens (primary N) is 1. The Morgan fingerprint density at radius 2 is 1.35 bits per heavy atom. The van der Waals surface area contributed by atoms with Gasteiger partial charge in [0.25, 0.3) is 0 Å². The minimum atomic E-state index is -0.633. The number of ether oxygens (including phenoxy) is 5. The average molecular weight is 491 g/mol. The van der Waals surface area contributed by atoms with Crippen molar-refractivity contribution in [1.82, 2.24) is 5.32 Å². The lowest BCUT2D eigenvalue weighted by Crippen LogP contribution is -2.29. The van der Waals surface area contributed by atoms with Gasteiger partial charge in [-0.25, -0.2) is 9.59 Å². The number of carbonyl (C=O) groups is 4. The molecule has 0 rings (SSSR count). The molecular weight excluding hydrogens is 448 g/mol. The Morgan fingerprint density at radius 1 is 0.824 bits per heavy atom. The quantitative estimate of drug-likeness (QED) is 0.134. The fraction of sp³-hybridized carbons (Fsp3) is 0.739. The van der Waals surface area contributed by atoms with Gasteiger partial charge in [-0.1, -0.05) is 34.3 Å². The number of nitrogens with one attached hydrogen (secondary N) is 1. The number of alkyl carbamates (subject to hydrolysis) is 1. The number of esters is 3. The van der Waals surface area contributed by atoms with Gasteiger partial charge < -0.3 is 34.7 Å². The first-order chi connectivity index (χ1) is 16.2. The minimum absolute atomic E-state index is 0.0211. The Labute approximate surface area is 202 Å². The van der Waals surface area contributed by atoms with E-state index in [1.54, 1.807) is 6.92 Å². The number of carbonyl (C=O) groups excluding carboxylic acids is 4. The van der Waals surface area contributed by atoms with Crippen molar-refractivity contribution >= 4 is 24.0 Å². The lowest BCUT2D eigenvalue weighted by Gasteiger charge is -2.10. The van der Waals surface area contributed by atoms with E-state index in [0.29, 0.717) is 13.2 Å². The lowest BCUT2D eigenvalue weighted by atomic mass is 10.1. The lowest BCUT2D eigenvalue weighted by molar-refractivity contribution is -0.150. The van der Waals surface area contributed by atoms with Gasteiger partial charge in [0.05, 0.1) is 38.2 Å². The molecule has 0 aromatic heterocycles. The van der Waals surface area contributed by atoms with Crippen LogP contribution < -0.4 is 11.1 Å². The highest BCUT2D eigenvalue weighted by atomic mass is 16.6. The Hall–Kier alpha value is -2.66. The number of hydrogen-bond acceptors (Lipinski definition) is 10. The van der Waals surface area contributed by atoms with Crippen LogP contribution in [0.5, 0.6) is 0 Å². The Balaban J connectivity index is 0. The predicted octanol–water partition coefficient (Wildman–Crippen LogP) is 1.97. The first kappa shape index (κ1) is 33.5. The molecule has 0 aliphatic rings. The fourth-order valence-electron chi connectivity index (χ4n) is 1.79. The number of hydrogen-bond donors (Lipinski definition) is 2. The smallest absolute Gasteiger partial charge is 0.407 e. The van der Waals surface area contributed by atoms with Crippen LogP contribution in [0, 0.1) is 11.8 Å². The van der Waals surface area contributed by atoms with E-state index < -0.39 is 12.1 Å². The molecule has 0 aliphatic carbocycles. The molecule has 11 heteroatoms. The molecule has 0 fully saturated rings. The maximum Gasteiger partial charge on any atom is 0.407 e. The molecule has 0 aliphatic heterocycles. The molecule has 0 aromatic carbocycles. The molecule has 11 nitrogen and oxygen atoms in total. The summed E-state index contributed by atoms with van der Waals surface area (Å²) in [4.78, 5) is 44.3. The van der Waals surface area contributed by atoms with Crippen molar-refractivity contribution in [2.24, 2.45) is 17.6 Å². The molecule has 2 unspecified atom stereocenters. The van der Waals surface area contributed by atoms with Gasteiger partial charge in [0.2, 0.25) is 0 Å². The summed E-state index contributed by atoms with van der Waals surface area (Å²) >= 11 is 0. The summed E-state index contributed by atoms with van der Waals surface area (Å²) in [5, 5.41) is 2.40. The maximum absolute atomic E-state index is 11.3. The summed E-state index contributed by atoms with van der Waals surface area (Å²) in [6.07, 6.45) is 2.72. The highest BCUT2D eigenvalue weighted by molar-refractivity contribution is 5.81. The molecule has 34 heavy (non-hydrogen) atoms. The highest BCUT2D eigenvalue weighted by Gasteiger charge is 2.11. The summed E-state index contributed by atoms with van der Waals surface area (Å²) in [5.41, 5.74) is 5.23. The van der Waals surface area contributed by atoms with Crippen LogP contribution in [0.1, 0.15) is 47.0 Å². The van der Waals surface area contributed by atoms with Crippen LogP contribution in [0.15, 0.2) is 12.7 Å². The summed E-state index contributed by atoms with van der Waals surface area (Å²) in [7, 11) is 0. The second kappa shape index (κ2) is 23.5. The zero-order valence-electron chi connectivity index (χ0n) is 21.0. The van der Waals surface area contributed by atoms with E-state index in [2.05, 4.69) is 16.6 Å². The van der Waals surface area contributed by atoms with Crippen LogP contribution in [0.4, 0.5) is 4.79 Å². The van der Waals surface area contributed by atoms with Crippen LogP contribution in [0.25, 0.3) is 0 Å². The largest absolute Gasteiger partial charge is 0.465 e. The Bertz CT molecular complexity index is 585. The summed E-state index contributed by atoms with van der Waals surface area (Å²) in [5.74, 6) is -1.01. The van der Waals surface area contributed by atoms with E-state index in [4.69, 9.17) is 24.7 Å². The molecular formula is C23H42N2O9. The fourth-order valence-corrected chi connectivity index (χ4v) is 1.79. The van der Waals surface area contributed by atoms with E-state index in [1.165, 1.54) is 0 Å². The van der Waals surface area contributed by atoms with Crippen molar-refractivity contribution in [1.29, 1.82) is 0 Å². The molecule has 0 spiro atoms. The van der Waals surface area contributed by atoms with E-state index in [1.807, 2.05) is 20.8 Å². The van der Waals surface area contributed by atoms with Gasteiger partial charge in [-0.2, -0.15) is 0 Å². The Morgan fingerprint density at radius 3 is 1.85 bits per heavy atom. The third kappa shape index (κ3) is 21.2. The van der Waals surface area contributed by atoms with Gasteiger partial charge >= 0.3 is 24.0 Å². The summed E-state index contributed by atoms with van der Waals surface area (Å²) in [6.45, 7) is 12.7. The predicted molar refractivity (Wildman–Crippen MR) is 126 cm³/mol. The van der Waals surface area contributed by atoms with E-state index in [9.17, 15) is 19.2 Å². The molecule has 3 N–H and O–H groups in total. The SMILES string of the molecule is C=CC(=O)OCCNC(=O)OCCOCCOC(=O)C(C)CC.CCC(C)C(=O)OCCCN. The zero-order chi connectivity index (χ0) is 26.2. The van der Waals surface area contributed by atoms with Gasteiger partial charge in [-0.3, -0.25) is 9.59 Å². The van der Waals surface area contributed by atoms with Gasteiger partial charge in [-0.05, 0) is 25.8 Å². The van der Waals surface area contributed by atoms with Gasteiger partial charge in [0.15, 0.2) is 0 Å². The second-order valence-corrected chi connectivity index (χ2v) is 7.14. The van der Waals surface area contributed by atoms with Crippen LogP contribution in [0.3, 0.4) is 0 Å². The molecule has 1 amide bonds. The summed E-state index contributed by atoms with van der Waals surface area (Å²) < 4.78 is 24.5. The van der Waals surface area contributed by atoms with Crippen molar-refractivity contribution in [3.05, 3.63) is 12.7 Å². The van der Waals surface area contributed by atoms with Crippen molar-refractivity contribution in [3.63, 3.8) is 0 Å². The molecule has 0 heterocycles. The van der Waals surface area contributed by atoms with Crippen molar-refractivity contribution < 1.29 is 42.9 Å². The topological polar surface area (TPSA) is 152 Å². The standard InChI is InChI=1S/C15H25NO7.C8H17NO2/c1-4-12(3)14(18)22-10-8-20-9-11-23-15(19)16-6-7-21-13(17)5-2;1-3-7(2)8(10)11-6-4-5-9/h5,12H,2,4,6-11H2,1,3H3,(H,16,19);7H,3-6,9H2,1-2H3. The zero-order valence-corrected chi connectivity index (χ0v) is 21.0. The van der Waals surface area contributed by atoms with Gasteiger partial charge in [-0.15, -0.1) is 0 Å². The van der Waals surface area contributed by atoms with Crippen LogP contribution in [-0.4, -0.2) is 76.7 Å². The van der Waals surface area contributed by atoms with Gasteiger partial charge in [0, 0.05) is 6.08 Å². The van der Waals surface area contributed by atoms with Crippen LogP contribution in [0.2, 0.25) is 0 Å². The number of rotatable bonds is 17. The molecule has 0 bridgehead atoms. The Kier molecular flexibility index (Phi) is 23.2. The second-order valence-electron chi connectivity index (χ2n) is 7.14.